The zero-order valence-electron chi connectivity index (χ0n) is 16.2. The van der Waals surface area contributed by atoms with Gasteiger partial charge in [0.05, 0.1) is 7.11 Å². The molecule has 1 N–H and O–H groups in total. The van der Waals surface area contributed by atoms with Crippen LogP contribution in [0.25, 0.3) is 0 Å². The SMILES string of the molecule is COc1ccc(C(=O)N2CCN(c3ccncc3)CC2)cc1S(=O)(=O)NC1CC1. The van der Waals surface area contributed by atoms with Gasteiger partial charge in [0.25, 0.3) is 5.91 Å². The van der Waals surface area contributed by atoms with Crippen molar-refractivity contribution in [2.75, 3.05) is 38.2 Å². The van der Waals surface area contributed by atoms with Crippen molar-refractivity contribution in [2.24, 2.45) is 0 Å². The van der Waals surface area contributed by atoms with E-state index in [1.165, 1.54) is 13.2 Å². The minimum atomic E-state index is -3.73. The minimum Gasteiger partial charge on any atom is -0.495 e. The number of carbonyl (C=O) groups is 1. The number of hydrogen-bond acceptors (Lipinski definition) is 6. The number of hydrogen-bond donors (Lipinski definition) is 1. The maximum atomic E-state index is 13.0. The van der Waals surface area contributed by atoms with Crippen LogP contribution in [0.5, 0.6) is 5.75 Å². The summed E-state index contributed by atoms with van der Waals surface area (Å²) in [4.78, 5) is 21.0. The Labute approximate surface area is 170 Å². The van der Waals surface area contributed by atoms with Gasteiger partial charge in [0.1, 0.15) is 10.6 Å². The molecule has 0 unspecified atom stereocenters. The Balaban J connectivity index is 1.49. The second kappa shape index (κ2) is 8.00. The first-order chi connectivity index (χ1) is 14.0. The van der Waals surface area contributed by atoms with E-state index in [-0.39, 0.29) is 22.6 Å². The number of pyridine rings is 1. The molecule has 0 bridgehead atoms. The molecule has 1 amide bonds. The Bertz CT molecular complexity index is 985. The number of benzene rings is 1. The van der Waals surface area contributed by atoms with Crippen molar-refractivity contribution in [3.05, 3.63) is 48.3 Å². The molecule has 29 heavy (non-hydrogen) atoms. The molecule has 0 radical (unpaired) electrons. The minimum absolute atomic E-state index is 0.00757. The van der Waals surface area contributed by atoms with Crippen LogP contribution in [0.15, 0.2) is 47.6 Å². The van der Waals surface area contributed by atoms with Gasteiger partial charge < -0.3 is 14.5 Å². The average molecular weight is 417 g/mol. The quantitative estimate of drug-likeness (QED) is 0.767. The summed E-state index contributed by atoms with van der Waals surface area (Å²) in [5, 5.41) is 0. The highest BCUT2D eigenvalue weighted by Gasteiger charge is 2.31. The van der Waals surface area contributed by atoms with Gasteiger partial charge in [-0.15, -0.1) is 0 Å². The van der Waals surface area contributed by atoms with Crippen molar-refractivity contribution in [3.63, 3.8) is 0 Å². The van der Waals surface area contributed by atoms with Gasteiger partial charge in [-0.1, -0.05) is 0 Å². The number of nitrogens with zero attached hydrogens (tertiary/aromatic N) is 3. The molecule has 1 saturated carbocycles. The number of piperazine rings is 1. The first-order valence-corrected chi connectivity index (χ1v) is 11.1. The predicted octanol–water partition coefficient (Wildman–Crippen LogP) is 1.49. The van der Waals surface area contributed by atoms with Crippen LogP contribution in [-0.4, -0.2) is 63.5 Å². The second-order valence-corrected chi connectivity index (χ2v) is 8.93. The molecule has 2 heterocycles. The summed E-state index contributed by atoms with van der Waals surface area (Å²) in [7, 11) is -2.31. The highest BCUT2D eigenvalue weighted by Crippen LogP contribution is 2.29. The zero-order chi connectivity index (χ0) is 20.4. The van der Waals surface area contributed by atoms with Crippen molar-refractivity contribution in [1.82, 2.24) is 14.6 Å². The van der Waals surface area contributed by atoms with Crippen LogP contribution < -0.4 is 14.4 Å². The van der Waals surface area contributed by atoms with Crippen molar-refractivity contribution >= 4 is 21.6 Å². The number of methoxy groups -OCH3 is 1. The maximum Gasteiger partial charge on any atom is 0.254 e. The Morgan fingerprint density at radius 2 is 1.79 bits per heavy atom. The zero-order valence-corrected chi connectivity index (χ0v) is 17.1. The lowest BCUT2D eigenvalue weighted by Crippen LogP contribution is -2.48. The summed E-state index contributed by atoms with van der Waals surface area (Å²) in [6, 6.07) is 8.45. The second-order valence-electron chi connectivity index (χ2n) is 7.25. The summed E-state index contributed by atoms with van der Waals surface area (Å²) in [5.74, 6) is 0.0575. The Kier molecular flexibility index (Phi) is 5.42. The summed E-state index contributed by atoms with van der Waals surface area (Å²) < 4.78 is 33.2. The van der Waals surface area contributed by atoms with E-state index in [2.05, 4.69) is 14.6 Å². The molecule has 8 nitrogen and oxygen atoms in total. The Morgan fingerprint density at radius 1 is 1.10 bits per heavy atom. The van der Waals surface area contributed by atoms with Crippen molar-refractivity contribution in [3.8, 4) is 5.75 Å². The number of sulfonamides is 1. The fourth-order valence-corrected chi connectivity index (χ4v) is 4.91. The van der Waals surface area contributed by atoms with E-state index in [1.54, 1.807) is 29.4 Å². The van der Waals surface area contributed by atoms with Gasteiger partial charge in [0.15, 0.2) is 0 Å². The van der Waals surface area contributed by atoms with Gasteiger partial charge in [0, 0.05) is 55.9 Å². The molecule has 154 valence electrons. The molecule has 1 aromatic heterocycles. The molecule has 1 aromatic carbocycles. The van der Waals surface area contributed by atoms with Crippen LogP contribution in [0.3, 0.4) is 0 Å². The van der Waals surface area contributed by atoms with E-state index in [9.17, 15) is 13.2 Å². The summed E-state index contributed by atoms with van der Waals surface area (Å²) in [5.41, 5.74) is 1.43. The standard InChI is InChI=1S/C20H24N4O4S/c1-28-18-5-2-15(14-19(18)29(26,27)22-16-3-4-16)20(25)24-12-10-23(11-13-24)17-6-8-21-9-7-17/h2,5-9,14,16,22H,3-4,10-13H2,1H3. The number of amides is 1. The van der Waals surface area contributed by atoms with E-state index >= 15 is 0 Å². The molecule has 4 rings (SSSR count). The summed E-state index contributed by atoms with van der Waals surface area (Å²) >= 11 is 0. The largest absolute Gasteiger partial charge is 0.495 e. The molecule has 2 aromatic rings. The first-order valence-electron chi connectivity index (χ1n) is 9.62. The fourth-order valence-electron chi connectivity index (χ4n) is 3.41. The van der Waals surface area contributed by atoms with Gasteiger partial charge in [-0.05, 0) is 43.2 Å². The van der Waals surface area contributed by atoms with Crippen LogP contribution in [0, 0.1) is 0 Å². The number of nitrogens with one attached hydrogen (secondary N) is 1. The van der Waals surface area contributed by atoms with Crippen LogP contribution in [0.4, 0.5) is 5.69 Å². The van der Waals surface area contributed by atoms with E-state index in [0.717, 1.165) is 18.5 Å². The lowest BCUT2D eigenvalue weighted by Gasteiger charge is -2.36. The lowest BCUT2D eigenvalue weighted by molar-refractivity contribution is 0.0746. The Hall–Kier alpha value is -2.65. The van der Waals surface area contributed by atoms with Gasteiger partial charge in [0.2, 0.25) is 10.0 Å². The highest BCUT2D eigenvalue weighted by atomic mass is 32.2. The van der Waals surface area contributed by atoms with E-state index in [0.29, 0.717) is 31.7 Å². The fraction of sp³-hybridized carbons (Fsp3) is 0.400. The van der Waals surface area contributed by atoms with Gasteiger partial charge >= 0.3 is 0 Å². The summed E-state index contributed by atoms with van der Waals surface area (Å²) in [6.07, 6.45) is 5.17. The molecular weight excluding hydrogens is 392 g/mol. The number of aromatic nitrogens is 1. The normalized spacial score (nSPS) is 17.3. The van der Waals surface area contributed by atoms with E-state index < -0.39 is 10.0 Å². The third-order valence-corrected chi connectivity index (χ3v) is 6.74. The van der Waals surface area contributed by atoms with Crippen LogP contribution in [0.2, 0.25) is 0 Å². The smallest absolute Gasteiger partial charge is 0.254 e. The molecule has 1 saturated heterocycles. The average Bonchev–Trinajstić information content (AvgIpc) is 3.57. The van der Waals surface area contributed by atoms with E-state index in [1.807, 2.05) is 12.1 Å². The summed E-state index contributed by atoms with van der Waals surface area (Å²) in [6.45, 7) is 2.55. The Morgan fingerprint density at radius 3 is 2.41 bits per heavy atom. The number of carbonyl (C=O) groups excluding carboxylic acids is 1. The number of anilines is 1. The molecule has 1 aliphatic carbocycles. The molecule has 0 atom stereocenters. The number of rotatable bonds is 6. The molecule has 1 aliphatic heterocycles. The molecule has 0 spiro atoms. The molecule has 2 fully saturated rings. The van der Waals surface area contributed by atoms with E-state index in [4.69, 9.17) is 4.74 Å². The highest BCUT2D eigenvalue weighted by molar-refractivity contribution is 7.89. The van der Waals surface area contributed by atoms with Crippen LogP contribution in [-0.2, 0) is 10.0 Å². The van der Waals surface area contributed by atoms with Gasteiger partial charge in [-0.25, -0.2) is 13.1 Å². The van der Waals surface area contributed by atoms with Crippen LogP contribution >= 0.6 is 0 Å². The maximum absolute atomic E-state index is 13.0. The third kappa shape index (κ3) is 4.35. The topological polar surface area (TPSA) is 91.8 Å². The predicted molar refractivity (Wildman–Crippen MR) is 109 cm³/mol. The first kappa shape index (κ1) is 19.7. The number of ether oxygens (including phenoxy) is 1. The van der Waals surface area contributed by atoms with Gasteiger partial charge in [-0.3, -0.25) is 9.78 Å². The third-order valence-electron chi connectivity index (χ3n) is 5.19. The molecular formula is C20H24N4O4S. The lowest BCUT2D eigenvalue weighted by atomic mass is 10.1. The van der Waals surface area contributed by atoms with Crippen molar-refractivity contribution in [1.29, 1.82) is 0 Å². The van der Waals surface area contributed by atoms with Gasteiger partial charge in [-0.2, -0.15) is 0 Å². The monoisotopic (exact) mass is 416 g/mol. The molecule has 9 heteroatoms. The molecule has 2 aliphatic rings. The van der Waals surface area contributed by atoms with Crippen molar-refractivity contribution in [2.45, 2.75) is 23.8 Å². The van der Waals surface area contributed by atoms with Crippen molar-refractivity contribution < 1.29 is 17.9 Å². The van der Waals surface area contributed by atoms with Crippen LogP contribution in [0.1, 0.15) is 23.2 Å².